The number of benzene rings is 1. The van der Waals surface area contributed by atoms with Gasteiger partial charge in [-0.1, -0.05) is 0 Å². The van der Waals surface area contributed by atoms with Crippen molar-refractivity contribution in [1.29, 1.82) is 0 Å². The van der Waals surface area contributed by atoms with Gasteiger partial charge >= 0.3 is 10.1 Å². The van der Waals surface area contributed by atoms with E-state index < -0.39 is 16.0 Å². The molecule has 1 aromatic heterocycles. The lowest BCUT2D eigenvalue weighted by Crippen LogP contribution is -2.17. The first kappa shape index (κ1) is 19.7. The number of amides is 1. The van der Waals surface area contributed by atoms with E-state index in [9.17, 15) is 13.2 Å². The van der Waals surface area contributed by atoms with E-state index in [0.717, 1.165) is 19.1 Å². The Hall–Kier alpha value is -3.08. The minimum Gasteiger partial charge on any atom is -0.380 e. The van der Waals surface area contributed by atoms with E-state index in [1.807, 2.05) is 0 Å². The Kier molecular flexibility index (Phi) is 5.27. The molecule has 4 N–H and O–H groups in total. The van der Waals surface area contributed by atoms with E-state index in [1.165, 1.54) is 6.20 Å². The molecule has 0 radical (unpaired) electrons. The number of nitrogens with two attached hydrogens (primary N) is 1. The molecule has 0 saturated heterocycles. The van der Waals surface area contributed by atoms with E-state index in [2.05, 4.69) is 20.6 Å². The van der Waals surface area contributed by atoms with Crippen LogP contribution in [0.25, 0.3) is 0 Å². The lowest BCUT2D eigenvalue weighted by Gasteiger charge is -2.18. The summed E-state index contributed by atoms with van der Waals surface area (Å²) in [6.07, 6.45) is 4.38. The summed E-state index contributed by atoms with van der Waals surface area (Å²) in [5.41, 5.74) is 6.79. The smallest absolute Gasteiger partial charge is 0.306 e. The van der Waals surface area contributed by atoms with Gasteiger partial charge in [0, 0.05) is 32.0 Å². The number of hydrogen-bond donors (Lipinski definition) is 3. The van der Waals surface area contributed by atoms with Crippen molar-refractivity contribution in [2.45, 2.75) is 18.9 Å². The summed E-state index contributed by atoms with van der Waals surface area (Å²) in [4.78, 5) is 21.8. The molecule has 28 heavy (non-hydrogen) atoms. The molecule has 0 unspecified atom stereocenters. The molecular formula is C17H22N6O4S. The van der Waals surface area contributed by atoms with Gasteiger partial charge in [-0.05, 0) is 31.0 Å². The summed E-state index contributed by atoms with van der Waals surface area (Å²) in [6, 6.07) is 5.18. The SMILES string of the molecule is CN(C)c1cc(Nc2ncc(C(N)=O)c(NC3CC3)n2)ccc1OS(C)(=O)=O. The van der Waals surface area contributed by atoms with Crippen molar-refractivity contribution in [3.63, 3.8) is 0 Å². The van der Waals surface area contributed by atoms with Crippen molar-refractivity contribution in [3.8, 4) is 5.75 Å². The molecule has 10 nitrogen and oxygen atoms in total. The van der Waals surface area contributed by atoms with Gasteiger partial charge in [0.2, 0.25) is 5.95 Å². The van der Waals surface area contributed by atoms with Gasteiger partial charge in [0.05, 0.1) is 17.5 Å². The van der Waals surface area contributed by atoms with Crippen LogP contribution in [0.2, 0.25) is 0 Å². The standard InChI is InChI=1S/C17H22N6O4S/c1-23(2)13-8-11(6-7-14(13)27-28(3,25)26)21-17-19-9-12(15(18)24)16(22-17)20-10-4-5-10/h6-10H,4-5H2,1-3H3,(H2,18,24)(H2,19,20,21,22). The predicted molar refractivity (Wildman–Crippen MR) is 107 cm³/mol. The van der Waals surface area contributed by atoms with Crippen molar-refractivity contribution < 1.29 is 17.4 Å². The lowest BCUT2D eigenvalue weighted by molar-refractivity contribution is 0.100. The molecule has 1 saturated carbocycles. The minimum atomic E-state index is -3.65. The van der Waals surface area contributed by atoms with Crippen molar-refractivity contribution in [1.82, 2.24) is 9.97 Å². The highest BCUT2D eigenvalue weighted by Crippen LogP contribution is 2.32. The quantitative estimate of drug-likeness (QED) is 0.553. The van der Waals surface area contributed by atoms with Crippen molar-refractivity contribution in [2.24, 2.45) is 5.73 Å². The van der Waals surface area contributed by atoms with E-state index in [0.29, 0.717) is 17.2 Å². The van der Waals surface area contributed by atoms with Crippen LogP contribution in [0.4, 0.5) is 23.1 Å². The predicted octanol–water partition coefficient (Wildman–Crippen LogP) is 1.30. The fraction of sp³-hybridized carbons (Fsp3) is 0.353. The highest BCUT2D eigenvalue weighted by molar-refractivity contribution is 7.86. The van der Waals surface area contributed by atoms with Crippen LogP contribution >= 0.6 is 0 Å². The van der Waals surface area contributed by atoms with Crippen LogP contribution in [-0.2, 0) is 10.1 Å². The zero-order valence-corrected chi connectivity index (χ0v) is 16.6. The second-order valence-corrected chi connectivity index (χ2v) is 8.30. The zero-order valence-electron chi connectivity index (χ0n) is 15.8. The van der Waals surface area contributed by atoms with Crippen LogP contribution in [0.5, 0.6) is 5.75 Å². The maximum atomic E-state index is 11.6. The van der Waals surface area contributed by atoms with Gasteiger partial charge in [-0.2, -0.15) is 13.4 Å². The largest absolute Gasteiger partial charge is 0.380 e. The molecule has 11 heteroatoms. The number of hydrogen-bond acceptors (Lipinski definition) is 9. The number of carbonyl (C=O) groups excluding carboxylic acids is 1. The fourth-order valence-corrected chi connectivity index (χ4v) is 2.93. The van der Waals surface area contributed by atoms with E-state index in [4.69, 9.17) is 9.92 Å². The second kappa shape index (κ2) is 7.50. The van der Waals surface area contributed by atoms with Crippen LogP contribution in [0, 0.1) is 0 Å². The average molecular weight is 406 g/mol. The summed E-state index contributed by atoms with van der Waals surface area (Å²) < 4.78 is 27.9. The highest BCUT2D eigenvalue weighted by atomic mass is 32.2. The zero-order chi connectivity index (χ0) is 20.5. The van der Waals surface area contributed by atoms with Gasteiger partial charge < -0.3 is 25.5 Å². The van der Waals surface area contributed by atoms with Gasteiger partial charge in [-0.3, -0.25) is 4.79 Å². The number of nitrogens with one attached hydrogen (secondary N) is 2. The van der Waals surface area contributed by atoms with Gasteiger partial charge in [0.15, 0.2) is 5.75 Å². The van der Waals surface area contributed by atoms with Crippen LogP contribution in [0.15, 0.2) is 24.4 Å². The normalized spacial score (nSPS) is 13.7. The molecule has 0 aliphatic heterocycles. The molecule has 0 atom stereocenters. The summed E-state index contributed by atoms with van der Waals surface area (Å²) >= 11 is 0. The van der Waals surface area contributed by atoms with Gasteiger partial charge in [-0.25, -0.2) is 4.98 Å². The topological polar surface area (TPSA) is 140 Å². The average Bonchev–Trinajstić information content (AvgIpc) is 3.38. The van der Waals surface area contributed by atoms with E-state index >= 15 is 0 Å². The molecule has 1 amide bonds. The van der Waals surface area contributed by atoms with E-state index in [1.54, 1.807) is 37.2 Å². The molecule has 1 aliphatic carbocycles. The molecule has 150 valence electrons. The van der Waals surface area contributed by atoms with Crippen LogP contribution in [-0.4, -0.2) is 50.7 Å². The molecule has 0 bridgehead atoms. The monoisotopic (exact) mass is 406 g/mol. The number of aromatic nitrogens is 2. The summed E-state index contributed by atoms with van der Waals surface area (Å²) in [6.45, 7) is 0. The molecule has 2 aromatic rings. The van der Waals surface area contributed by atoms with Crippen molar-refractivity contribution in [2.75, 3.05) is 35.9 Å². The Balaban J connectivity index is 1.88. The summed E-state index contributed by atoms with van der Waals surface area (Å²) in [5, 5.41) is 6.21. The molecule has 3 rings (SSSR count). The third-order valence-corrected chi connectivity index (χ3v) is 4.39. The first-order valence-electron chi connectivity index (χ1n) is 8.53. The number of primary amides is 1. The first-order valence-corrected chi connectivity index (χ1v) is 10.4. The summed E-state index contributed by atoms with van der Waals surface area (Å²) in [5.74, 6) is 0.262. The number of anilines is 4. The Morgan fingerprint density at radius 2 is 2.04 bits per heavy atom. The summed E-state index contributed by atoms with van der Waals surface area (Å²) in [7, 11) is -0.117. The molecule has 1 heterocycles. The molecular weight excluding hydrogens is 384 g/mol. The molecule has 0 spiro atoms. The molecule has 1 aliphatic rings. The maximum absolute atomic E-state index is 11.6. The Morgan fingerprint density at radius 3 is 2.61 bits per heavy atom. The van der Waals surface area contributed by atoms with E-state index in [-0.39, 0.29) is 23.3 Å². The Morgan fingerprint density at radius 1 is 1.32 bits per heavy atom. The number of nitrogens with zero attached hydrogens (tertiary/aromatic N) is 3. The maximum Gasteiger partial charge on any atom is 0.306 e. The third kappa shape index (κ3) is 5.00. The Labute approximate surface area is 163 Å². The highest BCUT2D eigenvalue weighted by Gasteiger charge is 2.24. The van der Waals surface area contributed by atoms with Crippen molar-refractivity contribution >= 4 is 39.2 Å². The van der Waals surface area contributed by atoms with Crippen LogP contribution in [0.3, 0.4) is 0 Å². The lowest BCUT2D eigenvalue weighted by atomic mass is 10.2. The number of rotatable bonds is 8. The fourth-order valence-electron chi connectivity index (χ4n) is 2.46. The van der Waals surface area contributed by atoms with Crippen LogP contribution in [0.1, 0.15) is 23.2 Å². The Bertz CT molecular complexity index is 1000. The second-order valence-electron chi connectivity index (χ2n) is 6.73. The van der Waals surface area contributed by atoms with Gasteiger partial charge in [0.25, 0.3) is 5.91 Å². The van der Waals surface area contributed by atoms with Crippen LogP contribution < -0.4 is 25.5 Å². The number of carbonyl (C=O) groups is 1. The van der Waals surface area contributed by atoms with Crippen molar-refractivity contribution in [3.05, 3.63) is 30.0 Å². The van der Waals surface area contributed by atoms with Gasteiger partial charge in [0.1, 0.15) is 5.82 Å². The molecule has 1 fully saturated rings. The molecule has 1 aromatic carbocycles. The van der Waals surface area contributed by atoms with Gasteiger partial charge in [-0.15, -0.1) is 0 Å². The third-order valence-electron chi connectivity index (χ3n) is 3.91. The minimum absolute atomic E-state index is 0.208. The first-order chi connectivity index (χ1) is 13.1.